The summed E-state index contributed by atoms with van der Waals surface area (Å²) in [6.45, 7) is 7.33. The Kier molecular flexibility index (Phi) is 5.59. The van der Waals surface area contributed by atoms with Crippen LogP contribution in [0.25, 0.3) is 0 Å². The van der Waals surface area contributed by atoms with E-state index in [4.69, 9.17) is 0 Å². The minimum absolute atomic E-state index is 0.113. The van der Waals surface area contributed by atoms with Crippen molar-refractivity contribution in [3.05, 3.63) is 59.7 Å². The molecule has 1 unspecified atom stereocenters. The number of anilines is 2. The van der Waals surface area contributed by atoms with Gasteiger partial charge in [0.05, 0.1) is 0 Å². The van der Waals surface area contributed by atoms with Crippen molar-refractivity contribution in [1.29, 1.82) is 0 Å². The number of aliphatic hydroxyl groups excluding tert-OH is 1. The van der Waals surface area contributed by atoms with Crippen molar-refractivity contribution in [3.8, 4) is 0 Å². The van der Waals surface area contributed by atoms with Crippen LogP contribution in [0.15, 0.2) is 48.5 Å². The largest absolute Gasteiger partial charge is 0.378 e. The highest BCUT2D eigenvalue weighted by molar-refractivity contribution is 5.98. The Morgan fingerprint density at radius 2 is 1.64 bits per heavy atom. The zero-order chi connectivity index (χ0) is 18.6. The standard InChI is InChI=1S/C20H24N2O3/c1-13-10-11-15(21-19(25)20(2,3)4)12-16(13)22-18(24)17(23)14-8-6-5-7-9-14/h5-12,17,23H,1-4H3,(H,21,25)(H,22,24). The van der Waals surface area contributed by atoms with E-state index in [1.807, 2.05) is 39.8 Å². The molecular weight excluding hydrogens is 316 g/mol. The van der Waals surface area contributed by atoms with Crippen molar-refractivity contribution < 1.29 is 14.7 Å². The number of benzene rings is 2. The van der Waals surface area contributed by atoms with Crippen LogP contribution in [0.4, 0.5) is 11.4 Å². The molecule has 25 heavy (non-hydrogen) atoms. The summed E-state index contributed by atoms with van der Waals surface area (Å²) < 4.78 is 0. The van der Waals surface area contributed by atoms with Crippen molar-refractivity contribution in [3.63, 3.8) is 0 Å². The molecule has 2 aromatic rings. The zero-order valence-corrected chi connectivity index (χ0v) is 15.0. The van der Waals surface area contributed by atoms with E-state index in [1.54, 1.807) is 36.4 Å². The highest BCUT2D eigenvalue weighted by Crippen LogP contribution is 2.24. The Balaban J connectivity index is 2.15. The molecule has 1 atom stereocenters. The predicted molar refractivity (Wildman–Crippen MR) is 99.3 cm³/mol. The third-order valence-corrected chi connectivity index (χ3v) is 3.80. The second-order valence-corrected chi connectivity index (χ2v) is 7.04. The lowest BCUT2D eigenvalue weighted by Gasteiger charge is -2.19. The minimum Gasteiger partial charge on any atom is -0.378 e. The molecule has 132 valence electrons. The van der Waals surface area contributed by atoms with E-state index in [2.05, 4.69) is 10.6 Å². The third kappa shape index (κ3) is 4.90. The highest BCUT2D eigenvalue weighted by atomic mass is 16.3. The summed E-state index contributed by atoms with van der Waals surface area (Å²) in [4.78, 5) is 24.4. The molecule has 0 aromatic heterocycles. The Bertz CT molecular complexity index is 764. The minimum atomic E-state index is -1.26. The SMILES string of the molecule is Cc1ccc(NC(=O)C(C)(C)C)cc1NC(=O)C(O)c1ccccc1. The lowest BCUT2D eigenvalue weighted by Crippen LogP contribution is -2.27. The Labute approximate surface area is 148 Å². The molecule has 0 bridgehead atoms. The molecule has 0 saturated heterocycles. The summed E-state index contributed by atoms with van der Waals surface area (Å²) in [5.41, 5.74) is 1.98. The Morgan fingerprint density at radius 3 is 2.24 bits per heavy atom. The number of aryl methyl sites for hydroxylation is 1. The predicted octanol–water partition coefficient (Wildman–Crippen LogP) is 3.65. The van der Waals surface area contributed by atoms with Crippen LogP contribution >= 0.6 is 0 Å². The maximum absolute atomic E-state index is 12.3. The molecule has 3 N–H and O–H groups in total. The Hall–Kier alpha value is -2.66. The van der Waals surface area contributed by atoms with Gasteiger partial charge >= 0.3 is 0 Å². The topological polar surface area (TPSA) is 78.4 Å². The molecule has 0 fully saturated rings. The lowest BCUT2D eigenvalue weighted by atomic mass is 9.95. The smallest absolute Gasteiger partial charge is 0.257 e. The summed E-state index contributed by atoms with van der Waals surface area (Å²) >= 11 is 0. The normalized spacial score (nSPS) is 12.4. The van der Waals surface area contributed by atoms with Crippen molar-refractivity contribution in [2.24, 2.45) is 5.41 Å². The van der Waals surface area contributed by atoms with Crippen LogP contribution in [-0.2, 0) is 9.59 Å². The second-order valence-electron chi connectivity index (χ2n) is 7.04. The molecule has 2 rings (SSSR count). The van der Waals surface area contributed by atoms with Gasteiger partial charge < -0.3 is 15.7 Å². The van der Waals surface area contributed by atoms with Gasteiger partial charge in [-0.15, -0.1) is 0 Å². The molecule has 5 heteroatoms. The molecule has 0 aliphatic heterocycles. The quantitative estimate of drug-likeness (QED) is 0.795. The fraction of sp³-hybridized carbons (Fsp3) is 0.300. The van der Waals surface area contributed by atoms with Gasteiger partial charge in [0.15, 0.2) is 6.10 Å². The number of hydrogen-bond donors (Lipinski definition) is 3. The van der Waals surface area contributed by atoms with Crippen molar-refractivity contribution in [1.82, 2.24) is 0 Å². The van der Waals surface area contributed by atoms with E-state index in [0.717, 1.165) is 5.56 Å². The van der Waals surface area contributed by atoms with Crippen LogP contribution in [0.2, 0.25) is 0 Å². The van der Waals surface area contributed by atoms with Crippen LogP contribution in [0.5, 0.6) is 0 Å². The number of hydrogen-bond acceptors (Lipinski definition) is 3. The van der Waals surface area contributed by atoms with Crippen LogP contribution in [-0.4, -0.2) is 16.9 Å². The molecular formula is C20H24N2O3. The van der Waals surface area contributed by atoms with Crippen LogP contribution in [0.1, 0.15) is 38.0 Å². The van der Waals surface area contributed by atoms with Crippen molar-refractivity contribution >= 4 is 23.2 Å². The first-order valence-electron chi connectivity index (χ1n) is 8.14. The maximum Gasteiger partial charge on any atom is 0.257 e. The van der Waals surface area contributed by atoms with Gasteiger partial charge in [-0.1, -0.05) is 57.2 Å². The number of carbonyl (C=O) groups excluding carboxylic acids is 2. The summed E-state index contributed by atoms with van der Waals surface area (Å²) in [5, 5.41) is 15.7. The summed E-state index contributed by atoms with van der Waals surface area (Å²) in [5.74, 6) is -0.633. The number of aliphatic hydroxyl groups is 1. The molecule has 0 spiro atoms. The van der Waals surface area contributed by atoms with Crippen molar-refractivity contribution in [2.75, 3.05) is 10.6 Å². The van der Waals surface area contributed by atoms with Crippen LogP contribution in [0, 0.1) is 12.3 Å². The summed E-state index contributed by atoms with van der Waals surface area (Å²) in [7, 11) is 0. The number of rotatable bonds is 4. The first-order valence-corrected chi connectivity index (χ1v) is 8.14. The average molecular weight is 340 g/mol. The third-order valence-electron chi connectivity index (χ3n) is 3.80. The van der Waals surface area contributed by atoms with Gasteiger partial charge in [0, 0.05) is 16.8 Å². The molecule has 0 aliphatic carbocycles. The van der Waals surface area contributed by atoms with Gasteiger partial charge in [-0.25, -0.2) is 0 Å². The van der Waals surface area contributed by atoms with Gasteiger partial charge in [0.2, 0.25) is 5.91 Å². The van der Waals surface area contributed by atoms with Crippen LogP contribution in [0.3, 0.4) is 0 Å². The van der Waals surface area contributed by atoms with E-state index >= 15 is 0 Å². The number of amides is 2. The van der Waals surface area contributed by atoms with Gasteiger partial charge in [0.1, 0.15) is 0 Å². The Morgan fingerprint density at radius 1 is 1.00 bits per heavy atom. The summed E-state index contributed by atoms with van der Waals surface area (Å²) in [6.07, 6.45) is -1.26. The number of nitrogens with one attached hydrogen (secondary N) is 2. The maximum atomic E-state index is 12.3. The first kappa shape index (κ1) is 18.7. The van der Waals surface area contributed by atoms with E-state index < -0.39 is 17.4 Å². The van der Waals surface area contributed by atoms with Crippen molar-refractivity contribution in [2.45, 2.75) is 33.8 Å². The van der Waals surface area contributed by atoms with Gasteiger partial charge in [0.25, 0.3) is 5.91 Å². The monoisotopic (exact) mass is 340 g/mol. The molecule has 0 radical (unpaired) electrons. The molecule has 0 heterocycles. The zero-order valence-electron chi connectivity index (χ0n) is 15.0. The second kappa shape index (κ2) is 7.49. The summed E-state index contributed by atoms with van der Waals surface area (Å²) in [6, 6.07) is 14.0. The first-order chi connectivity index (χ1) is 11.7. The molecule has 0 saturated carbocycles. The molecule has 2 aromatic carbocycles. The lowest BCUT2D eigenvalue weighted by molar-refractivity contribution is -0.124. The fourth-order valence-corrected chi connectivity index (χ4v) is 2.14. The molecule has 5 nitrogen and oxygen atoms in total. The number of carbonyl (C=O) groups is 2. The van der Waals surface area contributed by atoms with Crippen LogP contribution < -0.4 is 10.6 Å². The van der Waals surface area contributed by atoms with Gasteiger partial charge in [-0.05, 0) is 30.2 Å². The van der Waals surface area contributed by atoms with E-state index in [9.17, 15) is 14.7 Å². The van der Waals surface area contributed by atoms with Gasteiger partial charge in [-0.2, -0.15) is 0 Å². The van der Waals surface area contributed by atoms with E-state index in [-0.39, 0.29) is 5.91 Å². The highest BCUT2D eigenvalue weighted by Gasteiger charge is 2.22. The molecule has 2 amide bonds. The molecule has 0 aliphatic rings. The average Bonchev–Trinajstić information content (AvgIpc) is 2.57. The van der Waals surface area contributed by atoms with E-state index in [0.29, 0.717) is 16.9 Å². The van der Waals surface area contributed by atoms with Gasteiger partial charge in [-0.3, -0.25) is 9.59 Å². The van der Waals surface area contributed by atoms with E-state index in [1.165, 1.54) is 0 Å². The fourth-order valence-electron chi connectivity index (χ4n) is 2.14.